The average molecular weight is 705 g/mol. The molecule has 2 unspecified atom stereocenters. The summed E-state index contributed by atoms with van der Waals surface area (Å²) in [6, 6.07) is 47.2. The molecule has 0 radical (unpaired) electrons. The highest BCUT2D eigenvalue weighted by Gasteiger charge is 2.49. The van der Waals surface area contributed by atoms with Gasteiger partial charge in [0.25, 0.3) is 0 Å². The topological polar surface area (TPSA) is 7.76 Å². The molecular weight excluding hydrogens is 660 g/mol. The zero-order valence-corrected chi connectivity index (χ0v) is 31.9. The number of hydrogen-bond donors (Lipinski definition) is 0. The number of fused-ring (bicyclic) bond motifs is 2. The van der Waals surface area contributed by atoms with E-state index in [1.165, 1.54) is 59.5 Å². The third-order valence-corrected chi connectivity index (χ3v) is 13.9. The smallest absolute Gasteiger partial charge is 0.201 e. The average Bonchev–Trinajstić information content (AvgIpc) is 3.21. The zero-order valence-electron chi connectivity index (χ0n) is 31.0. The second-order valence-corrected chi connectivity index (χ2v) is 16.3. The summed E-state index contributed by atoms with van der Waals surface area (Å²) in [5.41, 5.74) is 5.89. The number of hydrogen-bond acceptors (Lipinski definition) is 0. The highest BCUT2D eigenvalue weighted by molar-refractivity contribution is 7.80. The van der Waals surface area contributed by atoms with Crippen molar-refractivity contribution < 1.29 is 9.13 Å². The summed E-state index contributed by atoms with van der Waals surface area (Å²) in [4.78, 5) is 0. The minimum absolute atomic E-state index is 0.246. The summed E-state index contributed by atoms with van der Waals surface area (Å²) in [6.45, 7) is 6.92. The molecule has 258 valence electrons. The van der Waals surface area contributed by atoms with Gasteiger partial charge in [-0.25, -0.2) is 4.57 Å². The Balaban J connectivity index is 1.45. The van der Waals surface area contributed by atoms with E-state index in [1.54, 1.807) is 0 Å². The van der Waals surface area contributed by atoms with Crippen molar-refractivity contribution in [1.29, 1.82) is 0 Å². The van der Waals surface area contributed by atoms with Crippen molar-refractivity contribution in [1.82, 2.24) is 0 Å². The third kappa shape index (κ3) is 5.81. The number of nitrogens with zero attached hydrogens (tertiary/aromatic N) is 2. The van der Waals surface area contributed by atoms with Crippen LogP contribution in [0.1, 0.15) is 50.8 Å². The van der Waals surface area contributed by atoms with E-state index in [0.29, 0.717) is 0 Å². The first-order valence-electron chi connectivity index (χ1n) is 18.7. The number of benzene rings is 5. The predicted molar refractivity (Wildman–Crippen MR) is 226 cm³/mol. The molecule has 2 nitrogen and oxygen atoms in total. The Morgan fingerprint density at radius 2 is 1.45 bits per heavy atom. The van der Waals surface area contributed by atoms with Crippen LogP contribution in [0.15, 0.2) is 170 Å². The van der Waals surface area contributed by atoms with Gasteiger partial charge in [0.15, 0.2) is 17.9 Å². The van der Waals surface area contributed by atoms with Crippen LogP contribution in [-0.4, -0.2) is 0 Å². The lowest BCUT2D eigenvalue weighted by Crippen LogP contribution is -2.60. The molecule has 5 aromatic carbocycles. The first-order chi connectivity index (χ1) is 26.0. The lowest BCUT2D eigenvalue weighted by Gasteiger charge is -2.38. The maximum Gasteiger partial charge on any atom is 0.222 e. The Hall–Kier alpha value is -5.61. The second kappa shape index (κ2) is 14.4. The Labute approximate surface area is 315 Å². The van der Waals surface area contributed by atoms with Crippen LogP contribution >= 0.6 is 7.92 Å². The molecule has 3 heteroatoms. The summed E-state index contributed by atoms with van der Waals surface area (Å²) >= 11 is 0. The van der Waals surface area contributed by atoms with Crippen LogP contribution in [-0.2, 0) is 12.6 Å². The number of rotatable bonds is 9. The van der Waals surface area contributed by atoms with Gasteiger partial charge in [0, 0.05) is 34.9 Å². The van der Waals surface area contributed by atoms with E-state index in [-0.39, 0.29) is 11.5 Å². The van der Waals surface area contributed by atoms with Gasteiger partial charge in [-0.1, -0.05) is 123 Å². The molecule has 2 atom stereocenters. The molecule has 0 aliphatic carbocycles. The molecule has 0 saturated heterocycles. The molecule has 0 amide bonds. The number of aryl methyl sites for hydroxylation is 1. The fraction of sp³-hybridized carbons (Fsp3) is 0.160. The van der Waals surface area contributed by atoms with Gasteiger partial charge in [0.05, 0.1) is 16.7 Å². The lowest BCUT2D eigenvalue weighted by molar-refractivity contribution is -0.733. The molecule has 1 aliphatic rings. The van der Waals surface area contributed by atoms with E-state index in [9.17, 15) is 0 Å². The highest BCUT2D eigenvalue weighted by Crippen LogP contribution is 2.49. The summed E-state index contributed by atoms with van der Waals surface area (Å²) < 4.78 is 4.83. The summed E-state index contributed by atoms with van der Waals surface area (Å²) in [5, 5.41) is 10.7. The van der Waals surface area contributed by atoms with Gasteiger partial charge < -0.3 is 0 Å². The van der Waals surface area contributed by atoms with Gasteiger partial charge >= 0.3 is 0 Å². The van der Waals surface area contributed by atoms with Gasteiger partial charge in [-0.2, -0.15) is 4.57 Å². The van der Waals surface area contributed by atoms with Crippen LogP contribution in [0.5, 0.6) is 0 Å². The Morgan fingerprint density at radius 1 is 0.774 bits per heavy atom. The molecule has 0 fully saturated rings. The molecular formula is C50H45N2P+2. The number of aromatic nitrogens is 2. The molecule has 3 heterocycles. The number of allylic oxidation sites excluding steroid dienone is 6. The molecule has 1 aliphatic heterocycles. The van der Waals surface area contributed by atoms with Gasteiger partial charge in [-0.05, 0) is 90.1 Å². The predicted octanol–water partition coefficient (Wildman–Crippen LogP) is 9.85. The zero-order chi connectivity index (χ0) is 36.5. The van der Waals surface area contributed by atoms with Crippen molar-refractivity contribution >= 4 is 61.9 Å². The van der Waals surface area contributed by atoms with Crippen molar-refractivity contribution in [2.45, 2.75) is 45.1 Å². The van der Waals surface area contributed by atoms with Gasteiger partial charge in [-0.3, -0.25) is 0 Å². The molecule has 0 bridgehead atoms. The van der Waals surface area contributed by atoms with Crippen molar-refractivity contribution in [3.05, 3.63) is 181 Å². The fourth-order valence-electron chi connectivity index (χ4n) is 8.84. The SMILES string of the molecule is C#CC=CC(C=CC1(CC)C(CC)c2ccc(P(c3ccccc3)c3ccccc3)c3ccc4c5ccccc5c[n+]1c4c23)=C(C)c1cccc[n+]1C. The minimum Gasteiger partial charge on any atom is -0.201 e. The van der Waals surface area contributed by atoms with Crippen LogP contribution in [0.4, 0.5) is 0 Å². The number of pyridine rings is 2. The van der Waals surface area contributed by atoms with E-state index in [4.69, 9.17) is 6.42 Å². The highest BCUT2D eigenvalue weighted by atomic mass is 31.1. The van der Waals surface area contributed by atoms with Crippen molar-refractivity contribution in [3.63, 3.8) is 0 Å². The van der Waals surface area contributed by atoms with E-state index in [0.717, 1.165) is 24.1 Å². The standard InChI is InChI=1S/C50H45N2P/c1-6-9-20-37(36(4)46-27-18-19-34-51(46)5)32-33-50(8-3)45(7-2)43-30-31-47(53(39-22-12-10-13-23-39)40-24-14-11-15-25-40)44-29-28-42-41-26-17-16-21-38(41)35-52(50)49(42)48(43)44/h1,9-35,45H,7-8H2,2-5H3/q+2. The van der Waals surface area contributed by atoms with Crippen molar-refractivity contribution in [3.8, 4) is 12.3 Å². The van der Waals surface area contributed by atoms with E-state index in [1.807, 2.05) is 6.08 Å². The van der Waals surface area contributed by atoms with Gasteiger partial charge in [-0.15, -0.1) is 6.42 Å². The van der Waals surface area contributed by atoms with E-state index < -0.39 is 7.92 Å². The van der Waals surface area contributed by atoms with Crippen molar-refractivity contribution in [2.75, 3.05) is 0 Å². The minimum atomic E-state index is -0.788. The molecule has 7 aromatic rings. The van der Waals surface area contributed by atoms with Crippen LogP contribution in [0.3, 0.4) is 0 Å². The molecule has 8 rings (SSSR count). The summed E-state index contributed by atoms with van der Waals surface area (Å²) in [7, 11) is 1.31. The third-order valence-electron chi connectivity index (χ3n) is 11.4. The largest absolute Gasteiger partial charge is 0.222 e. The lowest BCUT2D eigenvalue weighted by atomic mass is 9.70. The first kappa shape index (κ1) is 34.5. The molecule has 2 aromatic heterocycles. The molecule has 0 spiro atoms. The monoisotopic (exact) mass is 704 g/mol. The molecule has 53 heavy (non-hydrogen) atoms. The fourth-order valence-corrected chi connectivity index (χ4v) is 11.3. The van der Waals surface area contributed by atoms with Crippen molar-refractivity contribution in [2.24, 2.45) is 7.05 Å². The quantitative estimate of drug-likeness (QED) is 0.0465. The summed E-state index contributed by atoms with van der Waals surface area (Å²) in [5.74, 6) is 2.99. The Bertz CT molecular complexity index is 2590. The normalized spacial score (nSPS) is 17.4. The van der Waals surface area contributed by atoms with Crippen LogP contribution in [0, 0.1) is 12.3 Å². The van der Waals surface area contributed by atoms with E-state index >= 15 is 0 Å². The first-order valence-corrected chi connectivity index (χ1v) is 20.1. The van der Waals surface area contributed by atoms with Crippen LogP contribution < -0.4 is 25.0 Å². The maximum absolute atomic E-state index is 5.80. The maximum atomic E-state index is 5.80. The molecule has 0 N–H and O–H groups in total. The van der Waals surface area contributed by atoms with Crippen LogP contribution in [0.2, 0.25) is 0 Å². The Morgan fingerprint density at radius 3 is 2.13 bits per heavy atom. The molecule has 0 saturated carbocycles. The van der Waals surface area contributed by atoms with Crippen LogP contribution in [0.25, 0.3) is 38.0 Å². The van der Waals surface area contributed by atoms with Gasteiger partial charge in [0.2, 0.25) is 11.2 Å². The van der Waals surface area contributed by atoms with E-state index in [2.05, 4.69) is 201 Å². The summed E-state index contributed by atoms with van der Waals surface area (Å²) in [6.07, 6.45) is 21.0. The second-order valence-electron chi connectivity index (χ2n) is 14.1. The number of terminal acetylenes is 1. The van der Waals surface area contributed by atoms with Gasteiger partial charge in [0.1, 0.15) is 7.05 Å². The Kier molecular flexibility index (Phi) is 9.38.